The minimum atomic E-state index is 0.671. The van der Waals surface area contributed by atoms with E-state index in [0.29, 0.717) is 5.02 Å². The van der Waals surface area contributed by atoms with Crippen LogP contribution >= 0.6 is 11.6 Å². The third kappa shape index (κ3) is 4.70. The van der Waals surface area contributed by atoms with Crippen LogP contribution in [0.2, 0.25) is 5.02 Å². The van der Waals surface area contributed by atoms with Gasteiger partial charge in [-0.3, -0.25) is 0 Å². The van der Waals surface area contributed by atoms with Gasteiger partial charge in [-0.25, -0.2) is 9.97 Å². The van der Waals surface area contributed by atoms with Crippen LogP contribution in [-0.2, 0) is 0 Å². The Balaban J connectivity index is 1.57. The third-order valence-electron chi connectivity index (χ3n) is 3.94. The number of hydrogen-bond acceptors (Lipinski definition) is 4. The summed E-state index contributed by atoms with van der Waals surface area (Å²) in [4.78, 5) is 8.51. The lowest BCUT2D eigenvalue weighted by molar-refractivity contribution is 0.679. The first-order valence-electron chi connectivity index (χ1n) is 8.06. The zero-order valence-corrected chi connectivity index (χ0v) is 13.8. The number of benzene rings is 1. The van der Waals surface area contributed by atoms with Gasteiger partial charge in [0, 0.05) is 12.6 Å². The number of nitrogens with zero attached hydrogens (tertiary/aromatic N) is 2. The topological polar surface area (TPSA) is 49.8 Å². The van der Waals surface area contributed by atoms with Crippen molar-refractivity contribution >= 4 is 28.9 Å². The number of anilines is 3. The van der Waals surface area contributed by atoms with Gasteiger partial charge in [0.15, 0.2) is 0 Å². The summed E-state index contributed by atoms with van der Waals surface area (Å²) in [7, 11) is 0. The summed E-state index contributed by atoms with van der Waals surface area (Å²) in [5.74, 6) is 1.55. The summed E-state index contributed by atoms with van der Waals surface area (Å²) in [5.41, 5.74) is 2.40. The highest BCUT2D eigenvalue weighted by Crippen LogP contribution is 2.24. The van der Waals surface area contributed by atoms with E-state index in [9.17, 15) is 0 Å². The van der Waals surface area contributed by atoms with E-state index in [4.69, 9.17) is 11.6 Å². The van der Waals surface area contributed by atoms with Crippen molar-refractivity contribution in [1.29, 1.82) is 0 Å². The van der Waals surface area contributed by atoms with E-state index in [0.717, 1.165) is 30.3 Å². The fourth-order valence-corrected chi connectivity index (χ4v) is 2.89. The van der Waals surface area contributed by atoms with E-state index >= 15 is 0 Å². The van der Waals surface area contributed by atoms with Crippen molar-refractivity contribution in [1.82, 2.24) is 9.97 Å². The number of para-hydroxylation sites is 1. The third-order valence-corrected chi connectivity index (χ3v) is 4.27. The van der Waals surface area contributed by atoms with Crippen LogP contribution in [-0.4, -0.2) is 16.5 Å². The molecule has 1 aliphatic rings. The summed E-state index contributed by atoms with van der Waals surface area (Å²) < 4.78 is 0. The van der Waals surface area contributed by atoms with E-state index in [1.54, 1.807) is 11.9 Å². The summed E-state index contributed by atoms with van der Waals surface area (Å²) >= 11 is 6.16. The lowest BCUT2D eigenvalue weighted by atomic mass is 9.97. The molecule has 0 saturated heterocycles. The average Bonchev–Trinajstić information content (AvgIpc) is 2.58. The average molecular weight is 329 g/mol. The molecule has 23 heavy (non-hydrogen) atoms. The molecule has 0 saturated carbocycles. The fraction of sp³-hybridized carbons (Fsp3) is 0.333. The van der Waals surface area contributed by atoms with Crippen LogP contribution in [0.1, 0.15) is 32.1 Å². The monoisotopic (exact) mass is 328 g/mol. The van der Waals surface area contributed by atoms with Gasteiger partial charge in [0.05, 0.1) is 10.7 Å². The Bertz CT molecular complexity index is 684. The summed E-state index contributed by atoms with van der Waals surface area (Å²) in [6, 6.07) is 9.51. The van der Waals surface area contributed by atoms with Crippen LogP contribution in [0.5, 0.6) is 0 Å². The molecule has 0 amide bonds. The molecule has 1 aliphatic carbocycles. The Morgan fingerprint density at radius 3 is 2.78 bits per heavy atom. The molecule has 0 spiro atoms. The highest BCUT2D eigenvalue weighted by molar-refractivity contribution is 6.33. The smallest absolute Gasteiger partial charge is 0.135 e. The van der Waals surface area contributed by atoms with Crippen LogP contribution in [0.15, 0.2) is 48.3 Å². The molecule has 1 heterocycles. The van der Waals surface area contributed by atoms with Crippen molar-refractivity contribution in [2.24, 2.45) is 0 Å². The van der Waals surface area contributed by atoms with E-state index < -0.39 is 0 Å². The Kier molecular flexibility index (Phi) is 5.48. The zero-order chi connectivity index (χ0) is 15.9. The molecule has 0 atom stereocenters. The number of halogens is 1. The van der Waals surface area contributed by atoms with E-state index in [2.05, 4.69) is 26.7 Å². The van der Waals surface area contributed by atoms with E-state index in [1.165, 1.54) is 25.7 Å². The van der Waals surface area contributed by atoms with Gasteiger partial charge in [0.1, 0.15) is 18.0 Å². The van der Waals surface area contributed by atoms with Gasteiger partial charge < -0.3 is 10.6 Å². The fourth-order valence-electron chi connectivity index (χ4n) is 2.71. The van der Waals surface area contributed by atoms with Crippen molar-refractivity contribution < 1.29 is 0 Å². The molecule has 2 aromatic rings. The number of nitrogens with one attached hydrogen (secondary N) is 2. The number of aromatic nitrogens is 2. The SMILES string of the molecule is Clc1ccccc1Nc1cc(NCCC2=CCCCC2)ncn1. The standard InChI is InChI=1S/C18H21ClN4/c19-15-8-4-5-9-16(15)23-18-12-17(21-13-22-18)20-11-10-14-6-2-1-3-7-14/h4-6,8-9,12-13H,1-3,7,10-11H2,(H2,20,21,22,23). The van der Waals surface area contributed by atoms with Gasteiger partial charge in [-0.15, -0.1) is 0 Å². The van der Waals surface area contributed by atoms with Crippen LogP contribution in [0, 0.1) is 0 Å². The second kappa shape index (κ2) is 7.97. The number of hydrogen-bond donors (Lipinski definition) is 2. The molecular weight excluding hydrogens is 308 g/mol. The first kappa shape index (κ1) is 15.8. The summed E-state index contributed by atoms with van der Waals surface area (Å²) in [6.07, 6.45) is 10.2. The molecular formula is C18H21ClN4. The van der Waals surface area contributed by atoms with E-state index in [1.807, 2.05) is 30.3 Å². The van der Waals surface area contributed by atoms with Crippen molar-refractivity contribution in [2.45, 2.75) is 32.1 Å². The lowest BCUT2D eigenvalue weighted by Gasteiger charge is -2.13. The summed E-state index contributed by atoms with van der Waals surface area (Å²) in [5, 5.41) is 7.26. The molecule has 0 unspecified atom stereocenters. The van der Waals surface area contributed by atoms with Crippen LogP contribution in [0.4, 0.5) is 17.3 Å². The minimum absolute atomic E-state index is 0.671. The molecule has 0 aliphatic heterocycles. The quantitative estimate of drug-likeness (QED) is 0.718. The highest BCUT2D eigenvalue weighted by atomic mass is 35.5. The van der Waals surface area contributed by atoms with Crippen molar-refractivity contribution in [2.75, 3.05) is 17.2 Å². The largest absolute Gasteiger partial charge is 0.370 e. The minimum Gasteiger partial charge on any atom is -0.370 e. The molecule has 1 aromatic heterocycles. The Labute approximate surface area is 142 Å². The van der Waals surface area contributed by atoms with Gasteiger partial charge in [-0.05, 0) is 44.2 Å². The predicted molar refractivity (Wildman–Crippen MR) is 96.4 cm³/mol. The molecule has 5 heteroatoms. The first-order valence-corrected chi connectivity index (χ1v) is 8.44. The maximum Gasteiger partial charge on any atom is 0.135 e. The normalized spacial score (nSPS) is 14.2. The van der Waals surface area contributed by atoms with Crippen molar-refractivity contribution in [3.05, 3.63) is 53.3 Å². The van der Waals surface area contributed by atoms with Crippen LogP contribution in [0.3, 0.4) is 0 Å². The number of rotatable bonds is 6. The Hall–Kier alpha value is -2.07. The maximum absolute atomic E-state index is 6.16. The number of allylic oxidation sites excluding steroid dienone is 1. The predicted octanol–water partition coefficient (Wildman–Crippen LogP) is 5.18. The molecule has 4 nitrogen and oxygen atoms in total. The Morgan fingerprint density at radius 2 is 1.96 bits per heavy atom. The molecule has 3 rings (SSSR count). The van der Waals surface area contributed by atoms with Crippen LogP contribution in [0.25, 0.3) is 0 Å². The maximum atomic E-state index is 6.16. The molecule has 0 bridgehead atoms. The molecule has 0 fully saturated rings. The van der Waals surface area contributed by atoms with Gasteiger partial charge in [-0.1, -0.05) is 35.4 Å². The molecule has 1 aromatic carbocycles. The second-order valence-electron chi connectivity index (χ2n) is 5.68. The Morgan fingerprint density at radius 1 is 1.09 bits per heavy atom. The van der Waals surface area contributed by atoms with Crippen molar-refractivity contribution in [3.63, 3.8) is 0 Å². The van der Waals surface area contributed by atoms with Crippen molar-refractivity contribution in [3.8, 4) is 0 Å². The van der Waals surface area contributed by atoms with Gasteiger partial charge >= 0.3 is 0 Å². The lowest BCUT2D eigenvalue weighted by Crippen LogP contribution is -2.06. The van der Waals surface area contributed by atoms with Crippen LogP contribution < -0.4 is 10.6 Å². The zero-order valence-electron chi connectivity index (χ0n) is 13.1. The second-order valence-corrected chi connectivity index (χ2v) is 6.09. The highest BCUT2D eigenvalue weighted by Gasteiger charge is 2.05. The first-order chi connectivity index (χ1) is 11.3. The van der Waals surface area contributed by atoms with Gasteiger partial charge in [0.2, 0.25) is 0 Å². The van der Waals surface area contributed by atoms with E-state index in [-0.39, 0.29) is 0 Å². The molecule has 0 radical (unpaired) electrons. The molecule has 120 valence electrons. The molecule has 2 N–H and O–H groups in total. The van der Waals surface area contributed by atoms with Gasteiger partial charge in [0.25, 0.3) is 0 Å². The van der Waals surface area contributed by atoms with Gasteiger partial charge in [-0.2, -0.15) is 0 Å². The summed E-state index contributed by atoms with van der Waals surface area (Å²) in [6.45, 7) is 0.897.